The van der Waals surface area contributed by atoms with Crippen LogP contribution in [0.1, 0.15) is 57.4 Å². The Bertz CT molecular complexity index is 554. The first kappa shape index (κ1) is 18.1. The number of hydrogen-bond acceptors (Lipinski definition) is 5. The molecule has 1 saturated carbocycles. The van der Waals surface area contributed by atoms with E-state index in [1.807, 2.05) is 12.4 Å². The minimum atomic E-state index is -2.29. The van der Waals surface area contributed by atoms with Gasteiger partial charge in [0.1, 0.15) is 0 Å². The normalized spacial score (nSPS) is 19.4. The van der Waals surface area contributed by atoms with Crippen LogP contribution in [0.15, 0.2) is 12.4 Å². The lowest BCUT2D eigenvalue weighted by Gasteiger charge is -2.28. The zero-order valence-corrected chi connectivity index (χ0v) is 14.6. The van der Waals surface area contributed by atoms with E-state index in [2.05, 4.69) is 5.10 Å². The van der Waals surface area contributed by atoms with Crippen LogP contribution in [0.4, 0.5) is 0 Å². The van der Waals surface area contributed by atoms with Crippen LogP contribution in [0.2, 0.25) is 0 Å². The van der Waals surface area contributed by atoms with Gasteiger partial charge in [-0.05, 0) is 44.6 Å². The second kappa shape index (κ2) is 8.06. The van der Waals surface area contributed by atoms with Gasteiger partial charge in [0.25, 0.3) is 0 Å². The maximum absolute atomic E-state index is 12.1. The van der Waals surface area contributed by atoms with Gasteiger partial charge in [0.15, 0.2) is 0 Å². The van der Waals surface area contributed by atoms with Gasteiger partial charge in [0.05, 0.1) is 18.2 Å². The highest BCUT2D eigenvalue weighted by Crippen LogP contribution is 2.34. The Morgan fingerprint density at radius 2 is 2.22 bits per heavy atom. The Morgan fingerprint density at radius 3 is 2.83 bits per heavy atom. The molecule has 6 nitrogen and oxygen atoms in total. The number of carbonyl (C=O) groups excluding carboxylic acids is 1. The van der Waals surface area contributed by atoms with E-state index < -0.39 is 22.5 Å². The average molecular weight is 341 g/mol. The molecule has 0 aliphatic heterocycles. The van der Waals surface area contributed by atoms with Crippen molar-refractivity contribution >= 4 is 17.0 Å². The predicted octanol–water partition coefficient (Wildman–Crippen LogP) is 2.38. The Morgan fingerprint density at radius 1 is 1.52 bits per heavy atom. The molecule has 23 heavy (non-hydrogen) atoms. The van der Waals surface area contributed by atoms with Crippen LogP contribution in [-0.4, -0.2) is 36.9 Å². The lowest BCUT2D eigenvalue weighted by Crippen LogP contribution is -2.36. The van der Waals surface area contributed by atoms with E-state index in [1.54, 1.807) is 18.5 Å². The van der Waals surface area contributed by atoms with Gasteiger partial charge in [-0.2, -0.15) is 5.10 Å². The van der Waals surface area contributed by atoms with E-state index in [4.69, 9.17) is 4.74 Å². The molecular weight excluding hydrogens is 316 g/mol. The average Bonchev–Trinajstić information content (AvgIpc) is 3.15. The Kier molecular flexibility index (Phi) is 6.35. The molecule has 2 rings (SSSR count). The van der Waals surface area contributed by atoms with Crippen LogP contribution >= 0.6 is 0 Å². The zero-order valence-electron chi connectivity index (χ0n) is 13.8. The van der Waals surface area contributed by atoms with Crippen molar-refractivity contribution in [3.63, 3.8) is 0 Å². The summed E-state index contributed by atoms with van der Waals surface area (Å²) in [6, 6.07) is 0. The Hall–Kier alpha value is -1.21. The molecule has 1 aromatic heterocycles. The molecule has 2 unspecified atom stereocenters. The fourth-order valence-electron chi connectivity index (χ4n) is 3.13. The number of carbonyl (C=O) groups is 1. The van der Waals surface area contributed by atoms with Crippen molar-refractivity contribution in [1.82, 2.24) is 9.78 Å². The second-order valence-electron chi connectivity index (χ2n) is 6.50. The Balaban J connectivity index is 2.00. The topological polar surface area (TPSA) is 84.2 Å². The van der Waals surface area contributed by atoms with Crippen LogP contribution in [0.3, 0.4) is 0 Å². The number of nitrogens with zero attached hydrogens (tertiary/aromatic N) is 2. The van der Waals surface area contributed by atoms with Crippen LogP contribution in [0, 0.1) is 5.41 Å². The van der Waals surface area contributed by atoms with Gasteiger partial charge in [-0.15, -0.1) is 0 Å². The maximum Gasteiger partial charge on any atom is 0.312 e. The van der Waals surface area contributed by atoms with Crippen molar-refractivity contribution in [3.05, 3.63) is 18.0 Å². The van der Waals surface area contributed by atoms with Crippen molar-refractivity contribution in [2.75, 3.05) is 12.4 Å². The highest BCUT2D eigenvalue weighted by molar-refractivity contribution is 7.79. The van der Waals surface area contributed by atoms with Crippen LogP contribution < -0.4 is 0 Å². The minimum absolute atomic E-state index is 0.234. The number of hydrogen-bond donors (Lipinski definition) is 0. The van der Waals surface area contributed by atoms with E-state index in [1.165, 1.54) is 31.2 Å². The third-order valence-corrected chi connectivity index (χ3v) is 5.45. The molecule has 0 radical (unpaired) electrons. The first-order valence-electron chi connectivity index (χ1n) is 8.20. The summed E-state index contributed by atoms with van der Waals surface area (Å²) < 4.78 is 29.0. The zero-order chi connectivity index (χ0) is 16.9. The third-order valence-electron chi connectivity index (χ3n) is 4.58. The Labute approximate surface area is 139 Å². The molecule has 1 aromatic rings. The molecule has 1 heterocycles. The second-order valence-corrected chi connectivity index (χ2v) is 7.39. The lowest BCUT2D eigenvalue weighted by atomic mass is 9.89. The lowest BCUT2D eigenvalue weighted by molar-refractivity contribution is -0.153. The van der Waals surface area contributed by atoms with Gasteiger partial charge in [-0.25, -0.2) is 0 Å². The first-order valence-corrected chi connectivity index (χ1v) is 9.44. The van der Waals surface area contributed by atoms with E-state index in [0.29, 0.717) is 18.9 Å². The monoisotopic (exact) mass is 341 g/mol. The molecule has 0 saturated heterocycles. The standard InChI is InChI=1S/C16H26N2O4S/c1-3-22-15(19)16(2,12-23(20)21)8-9-18-11-14(10-17-18)13-6-4-5-7-13/h10-11,13H,3-9,12H2,1-2H3,(H,20,21)/p-1. The minimum Gasteiger partial charge on any atom is -0.772 e. The molecule has 0 aromatic carbocycles. The SMILES string of the molecule is CCOC(=O)C(C)(CCn1cc(C2CCCC2)cn1)CS(=O)[O-]. The largest absolute Gasteiger partial charge is 0.772 e. The summed E-state index contributed by atoms with van der Waals surface area (Å²) in [7, 11) is 0. The molecule has 2 atom stereocenters. The number of rotatable bonds is 8. The molecule has 7 heteroatoms. The van der Waals surface area contributed by atoms with Gasteiger partial charge in [0.2, 0.25) is 0 Å². The van der Waals surface area contributed by atoms with Crippen molar-refractivity contribution in [2.24, 2.45) is 5.41 Å². The maximum atomic E-state index is 12.1. The van der Waals surface area contributed by atoms with E-state index >= 15 is 0 Å². The summed E-state index contributed by atoms with van der Waals surface area (Å²) in [6.07, 6.45) is 9.26. The van der Waals surface area contributed by atoms with Gasteiger partial charge in [-0.1, -0.05) is 23.9 Å². The molecule has 0 N–H and O–H groups in total. The van der Waals surface area contributed by atoms with Gasteiger partial charge in [0, 0.05) is 18.5 Å². The number of aryl methyl sites for hydroxylation is 1. The number of aromatic nitrogens is 2. The third kappa shape index (κ3) is 4.88. The number of esters is 1. The van der Waals surface area contributed by atoms with Crippen LogP contribution in [0.5, 0.6) is 0 Å². The molecule has 0 bridgehead atoms. The highest BCUT2D eigenvalue weighted by Gasteiger charge is 2.35. The predicted molar refractivity (Wildman–Crippen MR) is 86.6 cm³/mol. The molecule has 0 spiro atoms. The molecule has 1 aliphatic carbocycles. The van der Waals surface area contributed by atoms with Crippen molar-refractivity contribution in [1.29, 1.82) is 0 Å². The summed E-state index contributed by atoms with van der Waals surface area (Å²) in [4.78, 5) is 12.1. The fourth-order valence-corrected chi connectivity index (χ4v) is 3.91. The molecule has 1 fully saturated rings. The molecule has 130 valence electrons. The van der Waals surface area contributed by atoms with E-state index in [9.17, 15) is 13.6 Å². The van der Waals surface area contributed by atoms with Gasteiger partial charge < -0.3 is 9.29 Å². The van der Waals surface area contributed by atoms with Crippen molar-refractivity contribution in [2.45, 2.75) is 58.4 Å². The molecule has 1 aliphatic rings. The smallest absolute Gasteiger partial charge is 0.312 e. The van der Waals surface area contributed by atoms with Crippen molar-refractivity contribution in [3.8, 4) is 0 Å². The highest BCUT2D eigenvalue weighted by atomic mass is 32.2. The van der Waals surface area contributed by atoms with Gasteiger partial charge >= 0.3 is 5.97 Å². The fraction of sp³-hybridized carbons (Fsp3) is 0.750. The quantitative estimate of drug-likeness (QED) is 0.535. The summed E-state index contributed by atoms with van der Waals surface area (Å²) in [6.45, 7) is 4.10. The van der Waals surface area contributed by atoms with Crippen LogP contribution in [-0.2, 0) is 27.2 Å². The van der Waals surface area contributed by atoms with Crippen molar-refractivity contribution < 1.29 is 18.3 Å². The van der Waals surface area contributed by atoms with Crippen LogP contribution in [0.25, 0.3) is 0 Å². The van der Waals surface area contributed by atoms with Gasteiger partial charge in [-0.3, -0.25) is 13.7 Å². The number of ether oxygens (including phenoxy) is 1. The molecular formula is C16H25N2O4S-. The molecule has 0 amide bonds. The summed E-state index contributed by atoms with van der Waals surface area (Å²) in [5, 5.41) is 4.36. The first-order chi connectivity index (χ1) is 10.9. The summed E-state index contributed by atoms with van der Waals surface area (Å²) >= 11 is -2.29. The summed E-state index contributed by atoms with van der Waals surface area (Å²) in [5.41, 5.74) is 0.204. The van der Waals surface area contributed by atoms with E-state index in [0.717, 1.165) is 0 Å². The summed E-state index contributed by atoms with van der Waals surface area (Å²) in [5.74, 6) is -0.107. The van der Waals surface area contributed by atoms with E-state index in [-0.39, 0.29) is 12.4 Å².